The number of carboxylic acid groups (broad SMARTS) is 1. The molecule has 2 aromatic carbocycles. The van der Waals surface area contributed by atoms with Crippen LogP contribution in [0.15, 0.2) is 50.0 Å². The summed E-state index contributed by atoms with van der Waals surface area (Å²) in [6.07, 6.45) is 4.30. The maximum atomic E-state index is 12.9. The number of thioether (sulfide) groups is 1. The molecule has 38 heavy (non-hydrogen) atoms. The number of aryl methyl sites for hydroxylation is 4. The second-order valence-electron chi connectivity index (χ2n) is 9.92. The lowest BCUT2D eigenvalue weighted by Gasteiger charge is -2.15. The van der Waals surface area contributed by atoms with Crippen LogP contribution in [0.3, 0.4) is 0 Å². The molecule has 1 amide bonds. The number of carbonyl (C=O) groups is 2. The van der Waals surface area contributed by atoms with Crippen molar-refractivity contribution < 1.29 is 23.5 Å². The van der Waals surface area contributed by atoms with Gasteiger partial charge in [0.15, 0.2) is 0 Å². The van der Waals surface area contributed by atoms with E-state index < -0.39 is 23.5 Å². The Bertz CT molecular complexity index is 1570. The lowest BCUT2D eigenvalue weighted by Crippen LogP contribution is -2.42. The molecule has 7 nitrogen and oxygen atoms in total. The maximum Gasteiger partial charge on any atom is 0.339 e. The highest BCUT2D eigenvalue weighted by atomic mass is 32.2. The molecule has 198 valence electrons. The molecule has 2 N–H and O–H groups in total. The molecule has 2 heterocycles. The van der Waals surface area contributed by atoms with Gasteiger partial charge in [-0.2, -0.15) is 11.8 Å². The first kappa shape index (κ1) is 26.1. The Balaban J connectivity index is 1.31. The van der Waals surface area contributed by atoms with E-state index in [4.69, 9.17) is 8.83 Å². The van der Waals surface area contributed by atoms with Gasteiger partial charge < -0.3 is 19.3 Å². The first-order chi connectivity index (χ1) is 18.3. The number of benzene rings is 2. The van der Waals surface area contributed by atoms with Gasteiger partial charge in [-0.15, -0.1) is 0 Å². The summed E-state index contributed by atoms with van der Waals surface area (Å²) in [6, 6.07) is 10.8. The van der Waals surface area contributed by atoms with Gasteiger partial charge in [0.2, 0.25) is 5.91 Å². The van der Waals surface area contributed by atoms with Crippen LogP contribution in [0.5, 0.6) is 0 Å². The summed E-state index contributed by atoms with van der Waals surface area (Å²) in [5.74, 6) is 0.439. The number of hydrogen-bond donors (Lipinski definition) is 2. The van der Waals surface area contributed by atoms with Crippen LogP contribution in [-0.4, -0.2) is 28.8 Å². The van der Waals surface area contributed by atoms with Crippen LogP contribution >= 0.6 is 11.8 Å². The fourth-order valence-electron chi connectivity index (χ4n) is 5.25. The Morgan fingerprint density at radius 1 is 1.03 bits per heavy atom. The van der Waals surface area contributed by atoms with Gasteiger partial charge in [0.25, 0.3) is 0 Å². The first-order valence-electron chi connectivity index (χ1n) is 13.0. The van der Waals surface area contributed by atoms with Gasteiger partial charge in [-0.05, 0) is 56.7 Å². The monoisotopic (exact) mass is 533 g/mol. The second kappa shape index (κ2) is 11.1. The number of furan rings is 1. The number of nitrogens with one attached hydrogen (secondary N) is 1. The number of carbonyl (C=O) groups excluding carboxylic acids is 1. The zero-order chi connectivity index (χ0) is 26.8. The molecule has 1 aliphatic rings. The molecule has 8 heteroatoms. The minimum Gasteiger partial charge on any atom is -0.480 e. The lowest BCUT2D eigenvalue weighted by molar-refractivity contribution is -0.141. The van der Waals surface area contributed by atoms with E-state index in [1.807, 2.05) is 44.2 Å². The van der Waals surface area contributed by atoms with E-state index in [1.54, 1.807) is 0 Å². The third kappa shape index (κ3) is 5.23. The molecular formula is C30H31NO6S. The number of amides is 1. The first-order valence-corrected chi connectivity index (χ1v) is 14.1. The molecule has 0 unspecified atom stereocenters. The van der Waals surface area contributed by atoms with Crippen LogP contribution in [0, 0.1) is 13.8 Å². The standard InChI is InChI=1S/C30H31NO6S/c1-17-20(12-13-26(32)31-24(29(33)34)16-38-15-19-8-4-3-5-9-19)30(35)37-27-18(2)28-23(14-22(17)27)21-10-6-7-11-25(21)36-28/h3-5,8-9,14,24H,6-7,10-13,15-16H2,1-2H3,(H,31,32)(H,33,34)/t24-/m0/s1. The van der Waals surface area contributed by atoms with Crippen molar-refractivity contribution in [3.63, 3.8) is 0 Å². The Morgan fingerprint density at radius 3 is 2.53 bits per heavy atom. The fraction of sp³-hybridized carbons (Fsp3) is 0.367. The topological polar surface area (TPSA) is 110 Å². The molecule has 1 aliphatic carbocycles. The smallest absolute Gasteiger partial charge is 0.339 e. The molecule has 0 saturated heterocycles. The summed E-state index contributed by atoms with van der Waals surface area (Å²) < 4.78 is 11.9. The summed E-state index contributed by atoms with van der Waals surface area (Å²) in [5, 5.41) is 14.1. The molecule has 0 bridgehead atoms. The number of carboxylic acids is 1. The minimum absolute atomic E-state index is 0.00737. The van der Waals surface area contributed by atoms with Crippen molar-refractivity contribution >= 4 is 45.6 Å². The Hall–Kier alpha value is -3.52. The molecule has 0 fully saturated rings. The third-order valence-electron chi connectivity index (χ3n) is 7.36. The number of hydrogen-bond acceptors (Lipinski definition) is 6. The van der Waals surface area contributed by atoms with E-state index in [0.29, 0.717) is 16.9 Å². The number of aliphatic carboxylic acids is 1. The zero-order valence-corrected chi connectivity index (χ0v) is 22.4. The van der Waals surface area contributed by atoms with Crippen molar-refractivity contribution in [2.24, 2.45) is 0 Å². The van der Waals surface area contributed by atoms with Crippen molar-refractivity contribution in [3.8, 4) is 0 Å². The van der Waals surface area contributed by atoms with Crippen molar-refractivity contribution in [2.75, 3.05) is 5.75 Å². The largest absolute Gasteiger partial charge is 0.480 e. The van der Waals surface area contributed by atoms with Gasteiger partial charge in [0.1, 0.15) is 23.0 Å². The van der Waals surface area contributed by atoms with Crippen LogP contribution in [0.4, 0.5) is 0 Å². The van der Waals surface area contributed by atoms with Crippen LogP contribution in [-0.2, 0) is 34.6 Å². The SMILES string of the molecule is Cc1c(CCC(=O)N[C@@H](CSCc2ccccc2)C(=O)O)c(=O)oc2c(C)c3oc4c(c3cc12)CCCC4. The highest BCUT2D eigenvalue weighted by Crippen LogP contribution is 2.38. The highest BCUT2D eigenvalue weighted by Gasteiger charge is 2.24. The molecule has 0 radical (unpaired) electrons. The van der Waals surface area contributed by atoms with Gasteiger partial charge in [-0.3, -0.25) is 4.79 Å². The molecule has 2 aromatic heterocycles. The minimum atomic E-state index is -1.08. The van der Waals surface area contributed by atoms with E-state index in [-0.39, 0.29) is 18.6 Å². The van der Waals surface area contributed by atoms with Crippen LogP contribution in [0.25, 0.3) is 21.9 Å². The molecule has 5 rings (SSSR count). The van der Waals surface area contributed by atoms with Gasteiger partial charge in [0, 0.05) is 51.8 Å². The Kier molecular flexibility index (Phi) is 7.61. The second-order valence-corrected chi connectivity index (χ2v) is 10.9. The molecule has 0 spiro atoms. The molecule has 0 aliphatic heterocycles. The number of fused-ring (bicyclic) bond motifs is 4. The third-order valence-corrected chi connectivity index (χ3v) is 8.46. The van der Waals surface area contributed by atoms with Crippen molar-refractivity contribution in [3.05, 3.63) is 80.4 Å². The molecular weight excluding hydrogens is 502 g/mol. The quantitative estimate of drug-likeness (QED) is 0.275. The maximum absolute atomic E-state index is 12.9. The van der Waals surface area contributed by atoms with E-state index in [0.717, 1.165) is 64.5 Å². The van der Waals surface area contributed by atoms with E-state index in [1.165, 1.54) is 17.3 Å². The van der Waals surface area contributed by atoms with Crippen LogP contribution in [0.2, 0.25) is 0 Å². The average Bonchev–Trinajstić information content (AvgIpc) is 3.28. The summed E-state index contributed by atoms with van der Waals surface area (Å²) in [5.41, 5.74) is 5.19. The Labute approximate surface area is 224 Å². The molecule has 1 atom stereocenters. The van der Waals surface area contributed by atoms with Crippen LogP contribution in [0.1, 0.15) is 52.8 Å². The van der Waals surface area contributed by atoms with Crippen LogP contribution < -0.4 is 10.9 Å². The Morgan fingerprint density at radius 2 is 1.76 bits per heavy atom. The fourth-order valence-corrected chi connectivity index (χ4v) is 6.26. The van der Waals surface area contributed by atoms with Gasteiger partial charge in [0.05, 0.1) is 0 Å². The van der Waals surface area contributed by atoms with Crippen molar-refractivity contribution in [1.29, 1.82) is 0 Å². The number of rotatable bonds is 9. The normalized spacial score (nSPS) is 13.9. The summed E-state index contributed by atoms with van der Waals surface area (Å²) in [6.45, 7) is 3.79. The van der Waals surface area contributed by atoms with Crippen molar-refractivity contribution in [1.82, 2.24) is 5.32 Å². The average molecular weight is 534 g/mol. The summed E-state index contributed by atoms with van der Waals surface area (Å²) in [4.78, 5) is 37.3. The predicted molar refractivity (Wildman–Crippen MR) is 149 cm³/mol. The zero-order valence-electron chi connectivity index (χ0n) is 21.6. The van der Waals surface area contributed by atoms with Gasteiger partial charge in [-0.25, -0.2) is 9.59 Å². The lowest BCUT2D eigenvalue weighted by atomic mass is 9.93. The van der Waals surface area contributed by atoms with E-state index in [9.17, 15) is 19.5 Å². The van der Waals surface area contributed by atoms with Gasteiger partial charge in [-0.1, -0.05) is 30.3 Å². The van der Waals surface area contributed by atoms with Crippen molar-refractivity contribution in [2.45, 2.75) is 64.2 Å². The molecule has 0 saturated carbocycles. The van der Waals surface area contributed by atoms with Gasteiger partial charge >= 0.3 is 11.6 Å². The summed E-state index contributed by atoms with van der Waals surface area (Å²) >= 11 is 1.45. The predicted octanol–water partition coefficient (Wildman–Crippen LogP) is 5.47. The highest BCUT2D eigenvalue weighted by molar-refractivity contribution is 7.98. The van der Waals surface area contributed by atoms with E-state index in [2.05, 4.69) is 11.4 Å². The van der Waals surface area contributed by atoms with E-state index >= 15 is 0 Å². The summed E-state index contributed by atoms with van der Waals surface area (Å²) in [7, 11) is 0. The molecule has 4 aromatic rings.